The second kappa shape index (κ2) is 4.97. The van der Waals surface area contributed by atoms with Crippen LogP contribution in [-0.2, 0) is 6.42 Å². The molecule has 2 rings (SSSR count). The van der Waals surface area contributed by atoms with E-state index in [1.54, 1.807) is 12.1 Å². The fraction of sp³-hybridized carbons (Fsp3) is 0.182. The number of halogens is 1. The van der Waals surface area contributed by atoms with E-state index in [1.807, 2.05) is 6.92 Å². The van der Waals surface area contributed by atoms with E-state index in [-0.39, 0.29) is 16.8 Å². The standard InChI is InChI=1S/C11H10ClN3O2/c1-2-7-3-4-8(17-7)11(16)15-10-6-13-9(12)5-14-10/h3-6H,2H2,1H3,(H,14,15,16). The Hall–Kier alpha value is -1.88. The van der Waals surface area contributed by atoms with Gasteiger partial charge in [0.15, 0.2) is 11.6 Å². The Bertz CT molecular complexity index is 522. The molecule has 5 nitrogen and oxygen atoms in total. The van der Waals surface area contributed by atoms with Gasteiger partial charge < -0.3 is 9.73 Å². The van der Waals surface area contributed by atoms with E-state index in [0.29, 0.717) is 5.82 Å². The third-order valence-electron chi connectivity index (χ3n) is 2.10. The molecule has 88 valence electrons. The molecule has 2 heterocycles. The maximum absolute atomic E-state index is 11.7. The molecule has 1 amide bonds. The number of carbonyl (C=O) groups is 1. The van der Waals surface area contributed by atoms with E-state index in [2.05, 4.69) is 15.3 Å². The van der Waals surface area contributed by atoms with Crippen LogP contribution >= 0.6 is 11.6 Å². The predicted molar refractivity (Wildman–Crippen MR) is 63.1 cm³/mol. The maximum Gasteiger partial charge on any atom is 0.292 e. The summed E-state index contributed by atoms with van der Waals surface area (Å²) in [6, 6.07) is 3.39. The first-order chi connectivity index (χ1) is 8.19. The molecule has 0 atom stereocenters. The van der Waals surface area contributed by atoms with Crippen LogP contribution in [0, 0.1) is 0 Å². The number of carbonyl (C=O) groups excluding carboxylic acids is 1. The molecule has 0 aliphatic heterocycles. The minimum absolute atomic E-state index is 0.249. The van der Waals surface area contributed by atoms with Crippen LogP contribution in [0.15, 0.2) is 28.9 Å². The molecule has 0 saturated carbocycles. The van der Waals surface area contributed by atoms with Crippen LogP contribution < -0.4 is 5.32 Å². The highest BCUT2D eigenvalue weighted by Crippen LogP contribution is 2.11. The molecule has 0 aliphatic carbocycles. The lowest BCUT2D eigenvalue weighted by Gasteiger charge is -2.01. The molecular weight excluding hydrogens is 242 g/mol. The van der Waals surface area contributed by atoms with Crippen LogP contribution in [0.4, 0.5) is 5.82 Å². The Kier molecular flexibility index (Phi) is 3.39. The van der Waals surface area contributed by atoms with Crippen LogP contribution in [0.3, 0.4) is 0 Å². The zero-order valence-corrected chi connectivity index (χ0v) is 9.86. The van der Waals surface area contributed by atoms with Crippen molar-refractivity contribution < 1.29 is 9.21 Å². The second-order valence-corrected chi connectivity index (χ2v) is 3.69. The van der Waals surface area contributed by atoms with Gasteiger partial charge in [-0.1, -0.05) is 18.5 Å². The van der Waals surface area contributed by atoms with E-state index in [0.717, 1.165) is 12.2 Å². The van der Waals surface area contributed by atoms with Gasteiger partial charge in [-0.05, 0) is 12.1 Å². The third-order valence-corrected chi connectivity index (χ3v) is 2.29. The van der Waals surface area contributed by atoms with Crippen molar-refractivity contribution in [1.82, 2.24) is 9.97 Å². The molecule has 0 saturated heterocycles. The van der Waals surface area contributed by atoms with Crippen molar-refractivity contribution in [3.8, 4) is 0 Å². The van der Waals surface area contributed by atoms with Gasteiger partial charge in [0.2, 0.25) is 0 Å². The molecule has 0 radical (unpaired) electrons. The second-order valence-electron chi connectivity index (χ2n) is 3.30. The molecular formula is C11H10ClN3O2. The van der Waals surface area contributed by atoms with E-state index in [1.165, 1.54) is 12.4 Å². The van der Waals surface area contributed by atoms with Gasteiger partial charge in [0.25, 0.3) is 5.91 Å². The molecule has 0 spiro atoms. The topological polar surface area (TPSA) is 68.0 Å². The van der Waals surface area contributed by atoms with Crippen LogP contribution in [-0.4, -0.2) is 15.9 Å². The van der Waals surface area contributed by atoms with E-state index < -0.39 is 0 Å². The van der Waals surface area contributed by atoms with E-state index >= 15 is 0 Å². The van der Waals surface area contributed by atoms with Gasteiger partial charge in [-0.25, -0.2) is 9.97 Å². The minimum Gasteiger partial charge on any atom is -0.456 e. The number of furan rings is 1. The van der Waals surface area contributed by atoms with Gasteiger partial charge in [-0.2, -0.15) is 0 Å². The zero-order valence-electron chi connectivity index (χ0n) is 9.11. The third kappa shape index (κ3) is 2.82. The molecule has 0 unspecified atom stereocenters. The number of amides is 1. The number of nitrogens with zero attached hydrogens (tertiary/aromatic N) is 2. The number of nitrogens with one attached hydrogen (secondary N) is 1. The van der Waals surface area contributed by atoms with Crippen LogP contribution in [0.25, 0.3) is 0 Å². The first-order valence-corrected chi connectivity index (χ1v) is 5.44. The van der Waals surface area contributed by atoms with Gasteiger partial charge >= 0.3 is 0 Å². The normalized spacial score (nSPS) is 10.2. The number of hydrogen-bond acceptors (Lipinski definition) is 4. The predicted octanol–water partition coefficient (Wildman–Crippen LogP) is 2.54. The fourth-order valence-corrected chi connectivity index (χ4v) is 1.34. The van der Waals surface area contributed by atoms with E-state index in [9.17, 15) is 4.79 Å². The SMILES string of the molecule is CCc1ccc(C(=O)Nc2cnc(Cl)cn2)o1. The smallest absolute Gasteiger partial charge is 0.292 e. The first-order valence-electron chi connectivity index (χ1n) is 5.06. The summed E-state index contributed by atoms with van der Waals surface area (Å²) >= 11 is 5.58. The molecule has 17 heavy (non-hydrogen) atoms. The van der Waals surface area contributed by atoms with Crippen molar-refractivity contribution in [3.63, 3.8) is 0 Å². The number of hydrogen-bond donors (Lipinski definition) is 1. The lowest BCUT2D eigenvalue weighted by Crippen LogP contribution is -2.12. The summed E-state index contributed by atoms with van der Waals surface area (Å²) in [5.74, 6) is 0.978. The summed E-state index contributed by atoms with van der Waals surface area (Å²) in [5.41, 5.74) is 0. The van der Waals surface area contributed by atoms with Gasteiger partial charge in [-0.3, -0.25) is 4.79 Å². The maximum atomic E-state index is 11.7. The summed E-state index contributed by atoms with van der Waals surface area (Å²) in [6.45, 7) is 1.95. The molecule has 1 N–H and O–H groups in total. The van der Waals surface area contributed by atoms with Crippen molar-refractivity contribution in [2.45, 2.75) is 13.3 Å². The summed E-state index contributed by atoms with van der Waals surface area (Å²) in [4.78, 5) is 19.4. The lowest BCUT2D eigenvalue weighted by atomic mass is 10.3. The molecule has 0 aliphatic rings. The van der Waals surface area contributed by atoms with Gasteiger partial charge in [0.05, 0.1) is 12.4 Å². The largest absolute Gasteiger partial charge is 0.456 e. The summed E-state index contributed by atoms with van der Waals surface area (Å²) < 4.78 is 5.30. The molecule has 0 bridgehead atoms. The Labute approximate surface area is 103 Å². The number of aryl methyl sites for hydroxylation is 1. The highest BCUT2D eigenvalue weighted by molar-refractivity contribution is 6.29. The van der Waals surface area contributed by atoms with Crippen LogP contribution in [0.1, 0.15) is 23.2 Å². The Balaban J connectivity index is 2.08. The molecule has 2 aromatic heterocycles. The van der Waals surface area contributed by atoms with E-state index in [4.69, 9.17) is 16.0 Å². The van der Waals surface area contributed by atoms with Crippen molar-refractivity contribution in [2.24, 2.45) is 0 Å². The van der Waals surface area contributed by atoms with Crippen molar-refractivity contribution in [3.05, 3.63) is 41.2 Å². The number of rotatable bonds is 3. The summed E-state index contributed by atoms with van der Waals surface area (Å²) in [7, 11) is 0. The average Bonchev–Trinajstić information content (AvgIpc) is 2.81. The van der Waals surface area contributed by atoms with Crippen molar-refractivity contribution in [1.29, 1.82) is 0 Å². The Morgan fingerprint density at radius 1 is 1.41 bits per heavy atom. The summed E-state index contributed by atoms with van der Waals surface area (Å²) in [6.07, 6.45) is 3.48. The quantitative estimate of drug-likeness (QED) is 0.910. The number of aromatic nitrogens is 2. The van der Waals surface area contributed by atoms with Crippen LogP contribution in [0.5, 0.6) is 0 Å². The van der Waals surface area contributed by atoms with Gasteiger partial charge in [-0.15, -0.1) is 0 Å². The molecule has 6 heteroatoms. The molecule has 0 fully saturated rings. The van der Waals surface area contributed by atoms with Gasteiger partial charge in [0.1, 0.15) is 10.9 Å². The summed E-state index contributed by atoms with van der Waals surface area (Å²) in [5, 5.41) is 2.83. The fourth-order valence-electron chi connectivity index (χ4n) is 1.24. The van der Waals surface area contributed by atoms with Gasteiger partial charge in [0, 0.05) is 6.42 Å². The Morgan fingerprint density at radius 2 is 2.24 bits per heavy atom. The zero-order chi connectivity index (χ0) is 12.3. The minimum atomic E-state index is -0.360. The first kappa shape index (κ1) is 11.6. The highest BCUT2D eigenvalue weighted by Gasteiger charge is 2.11. The average molecular weight is 252 g/mol. The monoisotopic (exact) mass is 251 g/mol. The highest BCUT2D eigenvalue weighted by atomic mass is 35.5. The van der Waals surface area contributed by atoms with Crippen molar-refractivity contribution >= 4 is 23.3 Å². The molecule has 0 aromatic carbocycles. The Morgan fingerprint density at radius 3 is 2.82 bits per heavy atom. The van der Waals surface area contributed by atoms with Crippen molar-refractivity contribution in [2.75, 3.05) is 5.32 Å². The number of anilines is 1. The lowest BCUT2D eigenvalue weighted by molar-refractivity contribution is 0.0994. The van der Waals surface area contributed by atoms with Crippen LogP contribution in [0.2, 0.25) is 5.15 Å². The molecule has 2 aromatic rings.